The summed E-state index contributed by atoms with van der Waals surface area (Å²) in [5.74, 6) is 0.611. The predicted octanol–water partition coefficient (Wildman–Crippen LogP) is 2.99. The third-order valence-corrected chi connectivity index (χ3v) is 4.69. The lowest BCUT2D eigenvalue weighted by Crippen LogP contribution is -2.10. The van der Waals surface area contributed by atoms with Crippen LogP contribution in [0.15, 0.2) is 12.1 Å². The number of rotatable bonds is 8. The summed E-state index contributed by atoms with van der Waals surface area (Å²) in [5.41, 5.74) is 1.41. The van der Waals surface area contributed by atoms with Gasteiger partial charge in [-0.05, 0) is 37.8 Å². The van der Waals surface area contributed by atoms with Crippen LogP contribution in [0.3, 0.4) is 0 Å². The zero-order valence-electron chi connectivity index (χ0n) is 14.4. The maximum atomic E-state index is 12.1. The first-order chi connectivity index (χ1) is 11.7. The fraction of sp³-hybridized carbons (Fsp3) is 0.500. The highest BCUT2D eigenvalue weighted by molar-refractivity contribution is 6.15. The van der Waals surface area contributed by atoms with Gasteiger partial charge in [0.25, 0.3) is 0 Å². The van der Waals surface area contributed by atoms with Gasteiger partial charge >= 0.3 is 11.9 Å². The summed E-state index contributed by atoms with van der Waals surface area (Å²) in [4.78, 5) is 24.3. The van der Waals surface area contributed by atoms with Crippen LogP contribution in [-0.4, -0.2) is 11.9 Å². The molecule has 2 heterocycles. The SMILES string of the molecule is CCCCCC1=c2cc3c(cc2OC1=O)=C(CCCCC)C(=O)O3. The van der Waals surface area contributed by atoms with Crippen molar-refractivity contribution in [3.05, 3.63) is 22.6 Å². The monoisotopic (exact) mass is 328 g/mol. The van der Waals surface area contributed by atoms with Gasteiger partial charge in [-0.3, -0.25) is 0 Å². The molecule has 0 saturated heterocycles. The van der Waals surface area contributed by atoms with Crippen molar-refractivity contribution in [1.29, 1.82) is 0 Å². The molecule has 4 heteroatoms. The second kappa shape index (κ2) is 7.20. The molecule has 1 aromatic carbocycles. The van der Waals surface area contributed by atoms with Crippen LogP contribution in [0.25, 0.3) is 11.1 Å². The second-order valence-corrected chi connectivity index (χ2v) is 6.49. The van der Waals surface area contributed by atoms with Crippen LogP contribution in [0, 0.1) is 0 Å². The molecule has 1 aromatic rings. The number of unbranched alkanes of at least 4 members (excludes halogenated alkanes) is 4. The molecule has 3 rings (SSSR count). The fourth-order valence-electron chi connectivity index (χ4n) is 3.32. The van der Waals surface area contributed by atoms with E-state index in [1.54, 1.807) is 0 Å². The molecule has 0 aliphatic carbocycles. The number of benzene rings is 1. The molecule has 0 bridgehead atoms. The van der Waals surface area contributed by atoms with E-state index in [1.807, 2.05) is 12.1 Å². The van der Waals surface area contributed by atoms with Crippen molar-refractivity contribution in [1.82, 2.24) is 0 Å². The molecule has 2 aliphatic heterocycles. The standard InChI is InChI=1S/C20H24O4/c1-3-5-7-9-13-15-11-18-16(12-17(15)23-19(13)21)14(20(22)24-18)10-8-6-4-2/h11-12H,3-10H2,1-2H3. The van der Waals surface area contributed by atoms with Gasteiger partial charge in [-0.25, -0.2) is 9.59 Å². The van der Waals surface area contributed by atoms with Crippen LogP contribution in [0.4, 0.5) is 0 Å². The molecule has 0 fully saturated rings. The number of carbonyl (C=O) groups is 2. The first-order valence-electron chi connectivity index (χ1n) is 9.00. The third kappa shape index (κ3) is 3.10. The minimum Gasteiger partial charge on any atom is -0.422 e. The highest BCUT2D eigenvalue weighted by Crippen LogP contribution is 2.25. The average molecular weight is 328 g/mol. The lowest BCUT2D eigenvalue weighted by Gasteiger charge is -1.99. The van der Waals surface area contributed by atoms with Crippen molar-refractivity contribution < 1.29 is 19.1 Å². The van der Waals surface area contributed by atoms with Crippen LogP contribution in [0.5, 0.6) is 11.5 Å². The zero-order valence-corrected chi connectivity index (χ0v) is 14.4. The molecule has 0 radical (unpaired) electrons. The van der Waals surface area contributed by atoms with E-state index in [2.05, 4.69) is 13.8 Å². The minimum absolute atomic E-state index is 0.261. The topological polar surface area (TPSA) is 52.6 Å². The normalized spacial score (nSPS) is 15.4. The molecule has 0 N–H and O–H groups in total. The van der Waals surface area contributed by atoms with Crippen molar-refractivity contribution >= 4 is 23.1 Å². The maximum absolute atomic E-state index is 12.1. The Labute approximate surface area is 142 Å². The van der Waals surface area contributed by atoms with Gasteiger partial charge in [-0.15, -0.1) is 0 Å². The zero-order chi connectivity index (χ0) is 17.1. The molecular formula is C20H24O4. The predicted molar refractivity (Wildman–Crippen MR) is 92.1 cm³/mol. The smallest absolute Gasteiger partial charge is 0.340 e. The Morgan fingerprint density at radius 1 is 0.708 bits per heavy atom. The molecule has 0 amide bonds. The Kier molecular flexibility index (Phi) is 5.03. The van der Waals surface area contributed by atoms with Crippen LogP contribution < -0.4 is 19.9 Å². The van der Waals surface area contributed by atoms with Gasteiger partial charge in [0, 0.05) is 21.6 Å². The summed E-state index contributed by atoms with van der Waals surface area (Å²) >= 11 is 0. The first kappa shape index (κ1) is 16.7. The number of carbonyl (C=O) groups excluding carboxylic acids is 2. The highest BCUT2D eigenvalue weighted by Gasteiger charge is 2.28. The Morgan fingerprint density at radius 3 is 1.50 bits per heavy atom. The van der Waals surface area contributed by atoms with Gasteiger partial charge in [0.1, 0.15) is 11.5 Å². The second-order valence-electron chi connectivity index (χ2n) is 6.49. The molecule has 2 aliphatic rings. The van der Waals surface area contributed by atoms with Gasteiger partial charge in [-0.1, -0.05) is 39.5 Å². The summed E-state index contributed by atoms with van der Waals surface area (Å²) in [5, 5.41) is 1.58. The molecule has 0 unspecified atom stereocenters. The highest BCUT2D eigenvalue weighted by atomic mass is 16.5. The van der Waals surface area contributed by atoms with Crippen LogP contribution in [0.1, 0.15) is 65.2 Å². The van der Waals surface area contributed by atoms with Crippen molar-refractivity contribution in [2.75, 3.05) is 0 Å². The van der Waals surface area contributed by atoms with E-state index in [1.165, 1.54) is 0 Å². The Bertz CT molecular complexity index is 721. The maximum Gasteiger partial charge on any atom is 0.340 e. The minimum atomic E-state index is -0.261. The molecule has 0 atom stereocenters. The average Bonchev–Trinajstić information content (AvgIpc) is 3.02. The fourth-order valence-corrected chi connectivity index (χ4v) is 3.32. The van der Waals surface area contributed by atoms with E-state index in [0.717, 1.165) is 49.0 Å². The summed E-state index contributed by atoms with van der Waals surface area (Å²) < 4.78 is 10.9. The van der Waals surface area contributed by atoms with E-state index in [4.69, 9.17) is 9.47 Å². The lowest BCUT2D eigenvalue weighted by atomic mass is 10.0. The summed E-state index contributed by atoms with van der Waals surface area (Å²) in [6.45, 7) is 4.27. The van der Waals surface area contributed by atoms with Gasteiger partial charge in [0.15, 0.2) is 0 Å². The molecule has 0 spiro atoms. The molecule has 128 valence electrons. The molecule has 24 heavy (non-hydrogen) atoms. The number of esters is 2. The van der Waals surface area contributed by atoms with Gasteiger partial charge < -0.3 is 9.47 Å². The van der Waals surface area contributed by atoms with Crippen LogP contribution in [0.2, 0.25) is 0 Å². The van der Waals surface area contributed by atoms with Crippen molar-refractivity contribution in [2.24, 2.45) is 0 Å². The quantitative estimate of drug-likeness (QED) is 0.418. The van der Waals surface area contributed by atoms with E-state index in [-0.39, 0.29) is 11.9 Å². The van der Waals surface area contributed by atoms with Crippen molar-refractivity contribution in [2.45, 2.75) is 65.2 Å². The Morgan fingerprint density at radius 2 is 1.12 bits per heavy atom. The number of ether oxygens (including phenoxy) is 2. The molecular weight excluding hydrogens is 304 g/mol. The first-order valence-corrected chi connectivity index (χ1v) is 9.00. The molecule has 0 aromatic heterocycles. The number of fused-ring (bicyclic) bond motifs is 2. The summed E-state index contributed by atoms with van der Waals surface area (Å²) in [6, 6.07) is 3.61. The summed E-state index contributed by atoms with van der Waals surface area (Å²) in [7, 11) is 0. The van der Waals surface area contributed by atoms with Gasteiger partial charge in [0.05, 0.1) is 0 Å². The van der Waals surface area contributed by atoms with E-state index in [9.17, 15) is 9.59 Å². The van der Waals surface area contributed by atoms with E-state index < -0.39 is 0 Å². The van der Waals surface area contributed by atoms with Gasteiger partial charge in [-0.2, -0.15) is 0 Å². The Hall–Kier alpha value is -2.10. The number of hydrogen-bond acceptors (Lipinski definition) is 4. The van der Waals surface area contributed by atoms with Crippen LogP contribution in [-0.2, 0) is 9.59 Å². The van der Waals surface area contributed by atoms with E-state index >= 15 is 0 Å². The van der Waals surface area contributed by atoms with Crippen LogP contribution >= 0.6 is 0 Å². The largest absolute Gasteiger partial charge is 0.422 e. The van der Waals surface area contributed by atoms with Crippen molar-refractivity contribution in [3.63, 3.8) is 0 Å². The third-order valence-electron chi connectivity index (χ3n) is 4.69. The van der Waals surface area contributed by atoms with Crippen molar-refractivity contribution in [3.8, 4) is 11.5 Å². The van der Waals surface area contributed by atoms with E-state index in [0.29, 0.717) is 35.5 Å². The Balaban J connectivity index is 1.98. The summed E-state index contributed by atoms with van der Waals surface area (Å²) in [6.07, 6.45) is 7.72. The molecule has 4 nitrogen and oxygen atoms in total. The lowest BCUT2D eigenvalue weighted by molar-refractivity contribution is -0.128. The number of hydrogen-bond donors (Lipinski definition) is 0. The van der Waals surface area contributed by atoms with Gasteiger partial charge in [0.2, 0.25) is 0 Å². The molecule has 0 saturated carbocycles.